The molecule has 1 aromatic rings. The van der Waals surface area contributed by atoms with E-state index < -0.39 is 0 Å². The third-order valence-corrected chi connectivity index (χ3v) is 1.83. The quantitative estimate of drug-likeness (QED) is 0.576. The Hall–Kier alpha value is -0.735. The topological polar surface area (TPSA) is 31.6 Å². The Balaban J connectivity index is 2.11. The van der Waals surface area contributed by atoms with Crippen LogP contribution in [0.3, 0.4) is 0 Å². The highest BCUT2D eigenvalue weighted by Crippen LogP contribution is 2.08. The average Bonchev–Trinajstić information content (AvgIpc) is 2.58. The van der Waals surface area contributed by atoms with E-state index in [0.29, 0.717) is 6.61 Å². The van der Waals surface area contributed by atoms with Crippen LogP contribution in [-0.2, 0) is 9.31 Å². The third kappa shape index (κ3) is 1.40. The first-order valence-corrected chi connectivity index (χ1v) is 4.09. The molecule has 1 aromatic heterocycles. The van der Waals surface area contributed by atoms with Crippen molar-refractivity contribution < 1.29 is 13.7 Å². The second kappa shape index (κ2) is 2.96. The van der Waals surface area contributed by atoms with Crippen LogP contribution in [0.5, 0.6) is 0 Å². The zero-order valence-electron chi connectivity index (χ0n) is 7.24. The molecule has 2 rings (SSSR count). The van der Waals surface area contributed by atoms with Gasteiger partial charge >= 0.3 is 7.12 Å². The molecule has 1 saturated heterocycles. The molecule has 0 N–H and O–H groups in total. The highest BCUT2D eigenvalue weighted by molar-refractivity contribution is 6.60. The minimum Gasteiger partial charge on any atom is -0.470 e. The summed E-state index contributed by atoms with van der Waals surface area (Å²) in [5, 5.41) is 0. The summed E-state index contributed by atoms with van der Waals surface area (Å²) in [6.45, 7) is 4.53. The molecule has 64 valence electrons. The number of hydrogen-bond acceptors (Lipinski definition) is 3. The van der Waals surface area contributed by atoms with Crippen LogP contribution in [0.25, 0.3) is 0 Å². The van der Waals surface area contributed by atoms with Crippen molar-refractivity contribution in [3.8, 4) is 0 Å². The number of rotatable bonds is 1. The maximum Gasteiger partial charge on any atom is 0.532 e. The van der Waals surface area contributed by atoms with E-state index in [1.807, 2.05) is 26.0 Å². The molecule has 3 nitrogen and oxygen atoms in total. The molecule has 0 amide bonds. The van der Waals surface area contributed by atoms with Crippen LogP contribution in [-0.4, -0.2) is 19.8 Å². The van der Waals surface area contributed by atoms with Crippen LogP contribution in [0.1, 0.15) is 12.7 Å². The van der Waals surface area contributed by atoms with Gasteiger partial charge in [-0.3, -0.25) is 0 Å². The molecule has 1 atom stereocenters. The first kappa shape index (κ1) is 7.89. The Kier molecular flexibility index (Phi) is 1.94. The third-order valence-electron chi connectivity index (χ3n) is 1.83. The fourth-order valence-electron chi connectivity index (χ4n) is 1.24. The lowest BCUT2D eigenvalue weighted by atomic mass is 9.87. The molecule has 12 heavy (non-hydrogen) atoms. The highest BCUT2D eigenvalue weighted by atomic mass is 16.6. The van der Waals surface area contributed by atoms with Crippen LogP contribution in [0.4, 0.5) is 0 Å². The Bertz CT molecular complexity index is 271. The average molecular weight is 166 g/mol. The lowest BCUT2D eigenvalue weighted by Gasteiger charge is -2.00. The van der Waals surface area contributed by atoms with Crippen LogP contribution >= 0.6 is 0 Å². The standard InChI is InChI=1S/C8H11BO3/c1-6-3-4-8(11-6)9-10-5-7(2)12-9/h3-4,7H,5H2,1-2H3. The zero-order valence-corrected chi connectivity index (χ0v) is 7.24. The van der Waals surface area contributed by atoms with Crippen LogP contribution in [0.2, 0.25) is 0 Å². The van der Waals surface area contributed by atoms with Crippen LogP contribution in [0.15, 0.2) is 16.5 Å². The van der Waals surface area contributed by atoms with Gasteiger partial charge in [-0.25, -0.2) is 0 Å². The van der Waals surface area contributed by atoms with Gasteiger partial charge in [0.05, 0.1) is 18.5 Å². The lowest BCUT2D eigenvalue weighted by Crippen LogP contribution is -2.30. The van der Waals surface area contributed by atoms with E-state index in [2.05, 4.69) is 0 Å². The van der Waals surface area contributed by atoms with E-state index in [-0.39, 0.29) is 13.2 Å². The fraction of sp³-hybridized carbons (Fsp3) is 0.500. The minimum atomic E-state index is -0.298. The van der Waals surface area contributed by atoms with Gasteiger partial charge in [0.25, 0.3) is 0 Å². The van der Waals surface area contributed by atoms with Gasteiger partial charge in [-0.05, 0) is 26.0 Å². The monoisotopic (exact) mass is 166 g/mol. The molecule has 2 heterocycles. The van der Waals surface area contributed by atoms with Gasteiger partial charge in [-0.2, -0.15) is 0 Å². The molecule has 0 aromatic carbocycles. The summed E-state index contributed by atoms with van der Waals surface area (Å²) in [7, 11) is -0.298. The number of aryl methyl sites for hydroxylation is 1. The molecule has 0 spiro atoms. The van der Waals surface area contributed by atoms with E-state index in [9.17, 15) is 0 Å². The van der Waals surface area contributed by atoms with Crippen molar-refractivity contribution in [1.29, 1.82) is 0 Å². The summed E-state index contributed by atoms with van der Waals surface area (Å²) in [5.41, 5.74) is 0.761. The van der Waals surface area contributed by atoms with Gasteiger partial charge in [0.1, 0.15) is 5.66 Å². The summed E-state index contributed by atoms with van der Waals surface area (Å²) in [6.07, 6.45) is 0.167. The Labute approximate surface area is 71.8 Å². The van der Waals surface area contributed by atoms with Crippen molar-refractivity contribution >= 4 is 12.8 Å². The highest BCUT2D eigenvalue weighted by Gasteiger charge is 2.33. The molecular weight excluding hydrogens is 155 g/mol. The van der Waals surface area contributed by atoms with E-state index >= 15 is 0 Å². The van der Waals surface area contributed by atoms with Gasteiger partial charge in [0, 0.05) is 0 Å². The fourth-order valence-corrected chi connectivity index (χ4v) is 1.24. The summed E-state index contributed by atoms with van der Waals surface area (Å²) < 4.78 is 16.2. The minimum absolute atomic E-state index is 0.167. The molecule has 4 heteroatoms. The van der Waals surface area contributed by atoms with Gasteiger partial charge in [-0.1, -0.05) is 0 Å². The first-order chi connectivity index (χ1) is 5.75. The molecule has 0 bridgehead atoms. The molecule has 1 unspecified atom stereocenters. The SMILES string of the molecule is Cc1ccc(B2OCC(C)O2)o1. The predicted molar refractivity (Wildman–Crippen MR) is 45.3 cm³/mol. The van der Waals surface area contributed by atoms with Crippen molar-refractivity contribution in [3.05, 3.63) is 17.9 Å². The van der Waals surface area contributed by atoms with Crippen LogP contribution in [0, 0.1) is 6.92 Å². The van der Waals surface area contributed by atoms with E-state index in [4.69, 9.17) is 13.7 Å². The molecular formula is C8H11BO3. The molecule has 0 saturated carbocycles. The normalized spacial score (nSPS) is 23.5. The van der Waals surface area contributed by atoms with E-state index in [0.717, 1.165) is 11.4 Å². The summed E-state index contributed by atoms with van der Waals surface area (Å²) in [5.74, 6) is 0.886. The second-order valence-electron chi connectivity index (χ2n) is 3.06. The summed E-state index contributed by atoms with van der Waals surface area (Å²) in [6, 6.07) is 3.79. The molecule has 1 fully saturated rings. The number of hydrogen-bond donors (Lipinski definition) is 0. The van der Waals surface area contributed by atoms with Crippen molar-refractivity contribution in [2.24, 2.45) is 0 Å². The smallest absolute Gasteiger partial charge is 0.470 e. The van der Waals surface area contributed by atoms with Crippen molar-refractivity contribution in [2.45, 2.75) is 20.0 Å². The first-order valence-electron chi connectivity index (χ1n) is 4.09. The molecule has 1 aliphatic rings. The summed E-state index contributed by atoms with van der Waals surface area (Å²) >= 11 is 0. The maximum absolute atomic E-state index is 5.44. The van der Waals surface area contributed by atoms with E-state index in [1.54, 1.807) is 0 Å². The Morgan fingerprint density at radius 1 is 1.50 bits per heavy atom. The molecule has 0 aliphatic carbocycles. The van der Waals surface area contributed by atoms with Crippen molar-refractivity contribution in [3.63, 3.8) is 0 Å². The Morgan fingerprint density at radius 3 is 2.83 bits per heavy atom. The molecule has 0 radical (unpaired) electrons. The maximum atomic E-state index is 5.44. The van der Waals surface area contributed by atoms with Gasteiger partial charge in [-0.15, -0.1) is 0 Å². The molecule has 1 aliphatic heterocycles. The largest absolute Gasteiger partial charge is 0.532 e. The van der Waals surface area contributed by atoms with Gasteiger partial charge < -0.3 is 13.7 Å². The second-order valence-corrected chi connectivity index (χ2v) is 3.06. The Morgan fingerprint density at radius 2 is 2.33 bits per heavy atom. The summed E-state index contributed by atoms with van der Waals surface area (Å²) in [4.78, 5) is 0. The zero-order chi connectivity index (χ0) is 8.55. The van der Waals surface area contributed by atoms with E-state index in [1.165, 1.54) is 0 Å². The van der Waals surface area contributed by atoms with Crippen molar-refractivity contribution in [1.82, 2.24) is 0 Å². The number of furan rings is 1. The van der Waals surface area contributed by atoms with Gasteiger partial charge in [0.15, 0.2) is 0 Å². The predicted octanol–water partition coefficient (Wildman–Crippen LogP) is 0.719. The van der Waals surface area contributed by atoms with Crippen LogP contribution < -0.4 is 5.66 Å². The lowest BCUT2D eigenvalue weighted by molar-refractivity contribution is 0.257. The van der Waals surface area contributed by atoms with Gasteiger partial charge in [0.2, 0.25) is 0 Å². The van der Waals surface area contributed by atoms with Crippen molar-refractivity contribution in [2.75, 3.05) is 6.61 Å².